The first-order chi connectivity index (χ1) is 12.2. The van der Waals surface area contributed by atoms with Gasteiger partial charge in [-0.15, -0.1) is 0 Å². The molecule has 1 aromatic rings. The molecular weight excluding hydrogens is 338 g/mol. The number of nitrogens with zero attached hydrogens (tertiary/aromatic N) is 2. The number of rotatable bonds is 8. The molecule has 0 saturated carbocycles. The van der Waals surface area contributed by atoms with E-state index in [2.05, 4.69) is 20.9 Å². The molecule has 1 aliphatic heterocycles. The van der Waals surface area contributed by atoms with Gasteiger partial charge >= 0.3 is 0 Å². The number of nitrogens with one attached hydrogen (secondary N) is 3. The lowest BCUT2D eigenvalue weighted by molar-refractivity contribution is -0.117. The summed E-state index contributed by atoms with van der Waals surface area (Å²) in [6.45, 7) is 5.93. The molecule has 0 spiro atoms. The van der Waals surface area contributed by atoms with Crippen LogP contribution in [0.1, 0.15) is 5.56 Å². The Morgan fingerprint density at radius 2 is 2.00 bits per heavy atom. The van der Waals surface area contributed by atoms with Crippen LogP contribution in [0.3, 0.4) is 0 Å². The molecule has 0 radical (unpaired) electrons. The van der Waals surface area contributed by atoms with Gasteiger partial charge in [0.05, 0.1) is 0 Å². The van der Waals surface area contributed by atoms with E-state index in [1.165, 1.54) is 6.20 Å². The van der Waals surface area contributed by atoms with Crippen LogP contribution < -0.4 is 16.0 Å². The molecule has 1 aliphatic rings. The number of carbonyl (C=O) groups is 1. The SMILES string of the molecule is N#C/C(=C/NCCc1ccc(Cl)cc1)C(=O)NCCN1CCNCC1. The van der Waals surface area contributed by atoms with Crippen LogP contribution in [-0.2, 0) is 11.2 Å². The number of carbonyl (C=O) groups excluding carboxylic acids is 1. The molecule has 0 atom stereocenters. The molecule has 1 saturated heterocycles. The topological polar surface area (TPSA) is 80.2 Å². The van der Waals surface area contributed by atoms with Crippen molar-refractivity contribution in [2.24, 2.45) is 0 Å². The van der Waals surface area contributed by atoms with Crippen LogP contribution in [-0.4, -0.2) is 56.6 Å². The molecule has 3 N–H and O–H groups in total. The van der Waals surface area contributed by atoms with Gasteiger partial charge < -0.3 is 16.0 Å². The van der Waals surface area contributed by atoms with Crippen molar-refractivity contribution in [3.05, 3.63) is 46.6 Å². The Labute approximate surface area is 153 Å². The van der Waals surface area contributed by atoms with Crippen LogP contribution >= 0.6 is 11.6 Å². The van der Waals surface area contributed by atoms with Gasteiger partial charge in [0.1, 0.15) is 11.6 Å². The Balaban J connectivity index is 1.68. The molecule has 7 heteroatoms. The average molecular weight is 362 g/mol. The Morgan fingerprint density at radius 1 is 1.28 bits per heavy atom. The predicted octanol–water partition coefficient (Wildman–Crippen LogP) is 0.901. The van der Waals surface area contributed by atoms with E-state index in [0.29, 0.717) is 18.1 Å². The second-order valence-electron chi connectivity index (χ2n) is 5.85. The zero-order valence-electron chi connectivity index (χ0n) is 14.2. The van der Waals surface area contributed by atoms with E-state index in [-0.39, 0.29) is 11.5 Å². The zero-order chi connectivity index (χ0) is 17.9. The zero-order valence-corrected chi connectivity index (χ0v) is 15.0. The summed E-state index contributed by atoms with van der Waals surface area (Å²) in [6.07, 6.45) is 2.27. The Hall–Kier alpha value is -2.07. The molecule has 0 unspecified atom stereocenters. The van der Waals surface area contributed by atoms with Crippen LogP contribution in [0, 0.1) is 11.3 Å². The highest BCUT2D eigenvalue weighted by Crippen LogP contribution is 2.09. The number of benzene rings is 1. The maximum Gasteiger partial charge on any atom is 0.263 e. The summed E-state index contributed by atoms with van der Waals surface area (Å²) in [7, 11) is 0. The second-order valence-corrected chi connectivity index (χ2v) is 6.28. The van der Waals surface area contributed by atoms with E-state index in [4.69, 9.17) is 16.9 Å². The molecule has 0 aliphatic carbocycles. The Morgan fingerprint density at radius 3 is 2.68 bits per heavy atom. The summed E-state index contributed by atoms with van der Waals surface area (Å²) in [5.74, 6) is -0.336. The number of amides is 1. The smallest absolute Gasteiger partial charge is 0.263 e. The molecule has 1 amide bonds. The van der Waals surface area contributed by atoms with E-state index in [1.807, 2.05) is 30.3 Å². The van der Waals surface area contributed by atoms with Crippen LogP contribution in [0.4, 0.5) is 0 Å². The molecule has 1 heterocycles. The quantitative estimate of drug-likeness (QED) is 0.364. The van der Waals surface area contributed by atoms with Gasteiger partial charge in [0.25, 0.3) is 5.91 Å². The van der Waals surface area contributed by atoms with Crippen LogP contribution in [0.5, 0.6) is 0 Å². The number of nitriles is 1. The molecule has 1 aromatic carbocycles. The first-order valence-corrected chi connectivity index (χ1v) is 8.86. The van der Waals surface area contributed by atoms with Crippen molar-refractivity contribution >= 4 is 17.5 Å². The maximum atomic E-state index is 12.0. The van der Waals surface area contributed by atoms with Crippen molar-refractivity contribution in [1.82, 2.24) is 20.9 Å². The minimum Gasteiger partial charge on any atom is -0.389 e. The molecule has 1 fully saturated rings. The molecule has 6 nitrogen and oxygen atoms in total. The van der Waals surface area contributed by atoms with Gasteiger partial charge in [-0.05, 0) is 24.1 Å². The fourth-order valence-corrected chi connectivity index (χ4v) is 2.67. The largest absolute Gasteiger partial charge is 0.389 e. The van der Waals surface area contributed by atoms with Gasteiger partial charge in [-0.2, -0.15) is 5.26 Å². The standard InChI is InChI=1S/C18H24ClN5O/c19-17-3-1-15(2-4-17)5-6-22-14-16(13-20)18(25)23-9-12-24-10-7-21-8-11-24/h1-4,14,21-22H,5-12H2,(H,23,25)/b16-14-. The minimum absolute atomic E-state index is 0.0939. The van der Waals surface area contributed by atoms with Crippen molar-refractivity contribution in [2.45, 2.75) is 6.42 Å². The normalized spacial score (nSPS) is 15.4. The number of piperazine rings is 1. The van der Waals surface area contributed by atoms with Gasteiger partial charge in [0, 0.05) is 57.0 Å². The maximum absolute atomic E-state index is 12.0. The lowest BCUT2D eigenvalue weighted by atomic mass is 10.1. The lowest BCUT2D eigenvalue weighted by Gasteiger charge is -2.27. The van der Waals surface area contributed by atoms with E-state index in [1.54, 1.807) is 0 Å². The minimum atomic E-state index is -0.336. The third-order valence-electron chi connectivity index (χ3n) is 4.01. The van der Waals surface area contributed by atoms with Gasteiger partial charge in [-0.3, -0.25) is 9.69 Å². The van der Waals surface area contributed by atoms with Crippen LogP contribution in [0.2, 0.25) is 5.02 Å². The van der Waals surface area contributed by atoms with E-state index in [0.717, 1.165) is 44.7 Å². The Bertz CT molecular complexity index is 617. The van der Waals surface area contributed by atoms with Gasteiger partial charge in [-0.1, -0.05) is 23.7 Å². The third kappa shape index (κ3) is 7.14. The molecular formula is C18H24ClN5O. The van der Waals surface area contributed by atoms with Crippen molar-refractivity contribution in [1.29, 1.82) is 5.26 Å². The fraction of sp³-hybridized carbons (Fsp3) is 0.444. The number of hydrogen-bond acceptors (Lipinski definition) is 5. The lowest BCUT2D eigenvalue weighted by Crippen LogP contribution is -2.46. The third-order valence-corrected chi connectivity index (χ3v) is 4.26. The summed E-state index contributed by atoms with van der Waals surface area (Å²) in [6, 6.07) is 9.56. The van der Waals surface area contributed by atoms with Crippen molar-refractivity contribution in [2.75, 3.05) is 45.8 Å². The van der Waals surface area contributed by atoms with Crippen LogP contribution in [0.15, 0.2) is 36.0 Å². The highest BCUT2D eigenvalue weighted by molar-refractivity contribution is 6.30. The van der Waals surface area contributed by atoms with E-state index in [9.17, 15) is 4.79 Å². The van der Waals surface area contributed by atoms with Gasteiger partial charge in [0.15, 0.2) is 0 Å². The molecule has 0 bridgehead atoms. The molecule has 134 valence electrons. The summed E-state index contributed by atoms with van der Waals surface area (Å²) >= 11 is 5.85. The van der Waals surface area contributed by atoms with Crippen LogP contribution in [0.25, 0.3) is 0 Å². The van der Waals surface area contributed by atoms with Crippen molar-refractivity contribution < 1.29 is 4.79 Å². The van der Waals surface area contributed by atoms with Crippen molar-refractivity contribution in [3.8, 4) is 6.07 Å². The summed E-state index contributed by atoms with van der Waals surface area (Å²) < 4.78 is 0. The van der Waals surface area contributed by atoms with E-state index >= 15 is 0 Å². The summed E-state index contributed by atoms with van der Waals surface area (Å²) in [5, 5.41) is 19.0. The van der Waals surface area contributed by atoms with Gasteiger partial charge in [-0.25, -0.2) is 0 Å². The Kier molecular flexibility index (Phi) is 8.26. The van der Waals surface area contributed by atoms with Gasteiger partial charge in [0.2, 0.25) is 0 Å². The first-order valence-electron chi connectivity index (χ1n) is 8.48. The van der Waals surface area contributed by atoms with E-state index < -0.39 is 0 Å². The first kappa shape index (κ1) is 19.3. The average Bonchev–Trinajstić information content (AvgIpc) is 2.64. The second kappa shape index (κ2) is 10.7. The molecule has 0 aromatic heterocycles. The molecule has 2 rings (SSSR count). The fourth-order valence-electron chi connectivity index (χ4n) is 2.55. The highest BCUT2D eigenvalue weighted by Gasteiger charge is 2.11. The molecule has 25 heavy (non-hydrogen) atoms. The number of hydrogen-bond donors (Lipinski definition) is 3. The summed E-state index contributed by atoms with van der Waals surface area (Å²) in [4.78, 5) is 14.3. The van der Waals surface area contributed by atoms with Crippen molar-refractivity contribution in [3.63, 3.8) is 0 Å². The number of halogens is 1. The predicted molar refractivity (Wildman–Crippen MR) is 99.2 cm³/mol. The highest BCUT2D eigenvalue weighted by atomic mass is 35.5. The monoisotopic (exact) mass is 361 g/mol. The summed E-state index contributed by atoms with van der Waals surface area (Å²) in [5.41, 5.74) is 1.24.